The van der Waals surface area contributed by atoms with Crippen molar-refractivity contribution in [2.24, 2.45) is 0 Å². The maximum Gasteiger partial charge on any atom is 0.410 e. The van der Waals surface area contributed by atoms with E-state index in [0.29, 0.717) is 73.5 Å². The number of likely N-dealkylation sites (tertiary alicyclic amines) is 1. The lowest BCUT2D eigenvalue weighted by Crippen LogP contribution is -2.40. The molecule has 1 amide bonds. The first kappa shape index (κ1) is 38.0. The lowest BCUT2D eigenvalue weighted by molar-refractivity contribution is 0.0237. The Morgan fingerprint density at radius 3 is 2.04 bits per heavy atom. The molecular formula is C39H52N6O7. The average Bonchev–Trinajstić information content (AvgIpc) is 3.52. The molecule has 2 aromatic heterocycles. The summed E-state index contributed by atoms with van der Waals surface area (Å²) in [5, 5.41) is 4.86. The first-order chi connectivity index (χ1) is 24.9. The zero-order valence-corrected chi connectivity index (χ0v) is 31.9. The summed E-state index contributed by atoms with van der Waals surface area (Å²) < 4.78 is 36.3. The van der Waals surface area contributed by atoms with Gasteiger partial charge in [0.25, 0.3) is 0 Å². The van der Waals surface area contributed by atoms with E-state index in [1.165, 1.54) is 5.57 Å². The second-order valence-corrected chi connectivity index (χ2v) is 13.8. The summed E-state index contributed by atoms with van der Waals surface area (Å²) in [6, 6.07) is 11.8. The highest BCUT2D eigenvalue weighted by molar-refractivity contribution is 5.70. The van der Waals surface area contributed by atoms with Crippen molar-refractivity contribution in [2.75, 3.05) is 46.4 Å². The fourth-order valence-electron chi connectivity index (χ4n) is 6.11. The number of carbonyl (C=O) groups is 1. The molecule has 0 bridgehead atoms. The summed E-state index contributed by atoms with van der Waals surface area (Å²) in [5.41, 5.74) is 3.83. The summed E-state index contributed by atoms with van der Waals surface area (Å²) >= 11 is 0. The van der Waals surface area contributed by atoms with Crippen molar-refractivity contribution in [1.29, 1.82) is 0 Å². The predicted octanol–water partition coefficient (Wildman–Crippen LogP) is 7.35. The Hall–Kier alpha value is -5.20. The predicted molar refractivity (Wildman–Crippen MR) is 200 cm³/mol. The van der Waals surface area contributed by atoms with E-state index in [2.05, 4.69) is 17.9 Å². The highest BCUT2D eigenvalue weighted by Gasteiger charge is 2.26. The molecule has 0 N–H and O–H groups in total. The van der Waals surface area contributed by atoms with Gasteiger partial charge in [-0.3, -0.25) is 0 Å². The first-order valence-corrected chi connectivity index (χ1v) is 17.7. The van der Waals surface area contributed by atoms with Gasteiger partial charge in [-0.1, -0.05) is 18.9 Å². The van der Waals surface area contributed by atoms with Crippen molar-refractivity contribution in [2.45, 2.75) is 85.1 Å². The molecule has 0 radical (unpaired) electrons. The number of hydrogen-bond acceptors (Lipinski definition) is 11. The molecule has 4 aromatic rings. The van der Waals surface area contributed by atoms with Gasteiger partial charge in [-0.25, -0.2) is 14.3 Å². The molecule has 0 spiro atoms. The average molecular weight is 717 g/mol. The number of hydrogen-bond donors (Lipinski definition) is 0. The molecule has 0 unspecified atom stereocenters. The minimum Gasteiger partial charge on any atom is -0.497 e. The van der Waals surface area contributed by atoms with Gasteiger partial charge in [-0.2, -0.15) is 4.98 Å². The van der Waals surface area contributed by atoms with Crippen LogP contribution in [0, 0.1) is 0 Å². The molecule has 0 saturated carbocycles. The van der Waals surface area contributed by atoms with Gasteiger partial charge in [-0.15, -0.1) is 5.10 Å². The van der Waals surface area contributed by atoms with Gasteiger partial charge in [0.2, 0.25) is 0 Å². The third kappa shape index (κ3) is 9.36. The van der Waals surface area contributed by atoms with Gasteiger partial charge in [0.1, 0.15) is 28.6 Å². The van der Waals surface area contributed by atoms with Crippen LogP contribution in [0.3, 0.4) is 0 Å². The number of rotatable bonds is 14. The fraction of sp³-hybridized carbons (Fsp3) is 0.487. The summed E-state index contributed by atoms with van der Waals surface area (Å²) in [6.07, 6.45) is 6.75. The number of amides is 1. The molecule has 13 nitrogen and oxygen atoms in total. The number of nitrogens with zero attached hydrogens (tertiary/aromatic N) is 6. The van der Waals surface area contributed by atoms with Crippen LogP contribution < -0.4 is 28.6 Å². The SMILES string of the molecule is CCC[C@H](C)Oc1nc(N(Cc2ccc(OC)cc2OC)Cc2ccc(OC)cc2OC)c2ncc(C=C3CCN(C(=O)OC(C)(C)C)CC3)n2n1. The highest BCUT2D eigenvalue weighted by Crippen LogP contribution is 2.33. The number of carbonyl (C=O) groups excluding carboxylic acids is 1. The van der Waals surface area contributed by atoms with Crippen LogP contribution in [-0.2, 0) is 17.8 Å². The van der Waals surface area contributed by atoms with E-state index < -0.39 is 5.60 Å². The second kappa shape index (κ2) is 16.9. The third-order valence-electron chi connectivity index (χ3n) is 8.77. The number of fused-ring (bicyclic) bond motifs is 1. The van der Waals surface area contributed by atoms with Crippen LogP contribution in [0.4, 0.5) is 10.6 Å². The van der Waals surface area contributed by atoms with Crippen LogP contribution in [0.25, 0.3) is 11.7 Å². The van der Waals surface area contributed by atoms with E-state index in [4.69, 9.17) is 43.5 Å². The molecule has 1 atom stereocenters. The Balaban J connectivity index is 1.58. The van der Waals surface area contributed by atoms with E-state index in [1.54, 1.807) is 44.1 Å². The summed E-state index contributed by atoms with van der Waals surface area (Å²) in [4.78, 5) is 26.5. The summed E-state index contributed by atoms with van der Waals surface area (Å²) in [5.74, 6) is 3.31. The van der Waals surface area contributed by atoms with Crippen LogP contribution >= 0.6 is 0 Å². The van der Waals surface area contributed by atoms with Crippen LogP contribution in [0.1, 0.15) is 77.1 Å². The van der Waals surface area contributed by atoms with Gasteiger partial charge in [0.15, 0.2) is 11.5 Å². The minimum atomic E-state index is -0.541. The van der Waals surface area contributed by atoms with Crippen LogP contribution in [0.5, 0.6) is 29.0 Å². The molecule has 1 aliphatic rings. The largest absolute Gasteiger partial charge is 0.497 e. The number of aromatic nitrogens is 4. The number of methoxy groups -OCH3 is 4. The molecule has 1 aliphatic heterocycles. The minimum absolute atomic E-state index is 0.102. The van der Waals surface area contributed by atoms with Crippen LogP contribution in [0.15, 0.2) is 48.2 Å². The maximum atomic E-state index is 12.7. The smallest absolute Gasteiger partial charge is 0.410 e. The van der Waals surface area contributed by atoms with Gasteiger partial charge in [0.05, 0.1) is 46.4 Å². The van der Waals surface area contributed by atoms with Crippen LogP contribution in [-0.4, -0.2) is 83.8 Å². The van der Waals surface area contributed by atoms with Crippen molar-refractivity contribution in [1.82, 2.24) is 24.5 Å². The number of piperidine rings is 1. The van der Waals surface area contributed by atoms with Crippen molar-refractivity contribution in [3.8, 4) is 29.0 Å². The fourth-order valence-corrected chi connectivity index (χ4v) is 6.11. The van der Waals surface area contributed by atoms with E-state index in [0.717, 1.165) is 29.7 Å². The molecule has 2 aromatic carbocycles. The molecular weight excluding hydrogens is 664 g/mol. The van der Waals surface area contributed by atoms with Gasteiger partial charge in [0, 0.05) is 49.4 Å². The molecule has 13 heteroatoms. The highest BCUT2D eigenvalue weighted by atomic mass is 16.6. The number of ether oxygens (including phenoxy) is 6. The van der Waals surface area contributed by atoms with Gasteiger partial charge < -0.3 is 38.2 Å². The van der Waals surface area contributed by atoms with E-state index in [9.17, 15) is 4.79 Å². The molecule has 3 heterocycles. The number of benzene rings is 2. The summed E-state index contributed by atoms with van der Waals surface area (Å²) in [6.45, 7) is 11.7. The van der Waals surface area contributed by atoms with E-state index >= 15 is 0 Å². The number of anilines is 1. The van der Waals surface area contributed by atoms with Crippen molar-refractivity contribution >= 4 is 23.6 Å². The third-order valence-corrected chi connectivity index (χ3v) is 8.77. The standard InChI is InChI=1S/C39H52N6O7/c1-10-11-26(2)51-37-41-36(35-40-23-30(45(35)42-37)20-27-16-18-43(19-17-27)38(46)52-39(3,4)5)44(24-28-12-14-31(47-6)21-33(28)49-8)25-29-13-15-32(48-7)22-34(29)50-9/h12-15,20-23,26H,10-11,16-19,24-25H2,1-9H3/t26-/m0/s1. The monoisotopic (exact) mass is 716 g/mol. The zero-order chi connectivity index (χ0) is 37.4. The molecule has 1 fully saturated rings. The zero-order valence-electron chi connectivity index (χ0n) is 31.9. The molecule has 280 valence electrons. The molecule has 5 rings (SSSR count). The number of imidazole rings is 1. The normalized spacial score (nSPS) is 13.8. The molecule has 52 heavy (non-hydrogen) atoms. The van der Waals surface area contributed by atoms with Gasteiger partial charge in [-0.05, 0) is 77.3 Å². The quantitative estimate of drug-likeness (QED) is 0.130. The van der Waals surface area contributed by atoms with E-state index in [1.807, 2.05) is 64.1 Å². The molecule has 1 saturated heterocycles. The van der Waals surface area contributed by atoms with E-state index in [-0.39, 0.29) is 18.2 Å². The van der Waals surface area contributed by atoms with Crippen molar-refractivity contribution < 1.29 is 33.2 Å². The Morgan fingerprint density at radius 1 is 0.923 bits per heavy atom. The van der Waals surface area contributed by atoms with Crippen LogP contribution in [0.2, 0.25) is 0 Å². The van der Waals surface area contributed by atoms with Crippen molar-refractivity contribution in [3.05, 3.63) is 65.0 Å². The Labute approximate surface area is 306 Å². The summed E-state index contributed by atoms with van der Waals surface area (Å²) in [7, 11) is 6.55. The lowest BCUT2D eigenvalue weighted by Gasteiger charge is -2.31. The Bertz CT molecular complexity index is 1800. The Kier molecular flexibility index (Phi) is 12.3. The maximum absolute atomic E-state index is 12.7. The second-order valence-electron chi connectivity index (χ2n) is 13.8. The van der Waals surface area contributed by atoms with Crippen molar-refractivity contribution in [3.63, 3.8) is 0 Å². The first-order valence-electron chi connectivity index (χ1n) is 17.7. The molecule has 0 aliphatic carbocycles. The topological polar surface area (TPSA) is 122 Å². The Morgan fingerprint density at radius 2 is 1.52 bits per heavy atom. The lowest BCUT2D eigenvalue weighted by atomic mass is 10.0. The van der Waals surface area contributed by atoms with Gasteiger partial charge >= 0.3 is 12.1 Å².